The van der Waals surface area contributed by atoms with Gasteiger partial charge >= 0.3 is 0 Å². The predicted molar refractivity (Wildman–Crippen MR) is 126 cm³/mol. The Kier molecular flexibility index (Phi) is 6.48. The third-order valence-corrected chi connectivity index (χ3v) is 10.6. The molecule has 0 radical (unpaired) electrons. The Balaban J connectivity index is 1.95. The maximum Gasteiger partial charge on any atom is 0.188 e. The number of hydrogen-bond acceptors (Lipinski definition) is 3. The Morgan fingerprint density at radius 1 is 0.968 bits per heavy atom. The molecule has 1 saturated heterocycles. The van der Waals surface area contributed by atoms with Crippen LogP contribution in [-0.2, 0) is 14.6 Å². The second-order valence-corrected chi connectivity index (χ2v) is 11.7. The van der Waals surface area contributed by atoms with Crippen molar-refractivity contribution in [3.8, 4) is 0 Å². The van der Waals surface area contributed by atoms with Gasteiger partial charge in [0, 0.05) is 11.5 Å². The van der Waals surface area contributed by atoms with Gasteiger partial charge in [0.05, 0.1) is 11.5 Å². The van der Waals surface area contributed by atoms with E-state index in [9.17, 15) is 8.42 Å². The fourth-order valence-corrected chi connectivity index (χ4v) is 9.20. The lowest BCUT2D eigenvalue weighted by Crippen LogP contribution is -2.61. The number of sulfone groups is 1. The van der Waals surface area contributed by atoms with Gasteiger partial charge in [0.15, 0.2) is 9.84 Å². The van der Waals surface area contributed by atoms with Crippen LogP contribution in [0.1, 0.15) is 71.1 Å². The van der Waals surface area contributed by atoms with E-state index in [0.29, 0.717) is 23.7 Å². The third-order valence-electron chi connectivity index (χ3n) is 8.08. The summed E-state index contributed by atoms with van der Waals surface area (Å²) >= 11 is 0. The van der Waals surface area contributed by atoms with Crippen molar-refractivity contribution in [2.45, 2.75) is 80.8 Å². The van der Waals surface area contributed by atoms with Gasteiger partial charge < -0.3 is 4.74 Å². The second-order valence-electron chi connectivity index (χ2n) is 9.52. The molecule has 0 N–H and O–H groups in total. The molecular weight excluding hydrogens is 404 g/mol. The van der Waals surface area contributed by atoms with Crippen molar-refractivity contribution in [2.24, 2.45) is 11.3 Å². The van der Waals surface area contributed by atoms with E-state index in [1.807, 2.05) is 37.3 Å². The van der Waals surface area contributed by atoms with E-state index in [-0.39, 0.29) is 11.3 Å². The zero-order valence-electron chi connectivity index (χ0n) is 18.8. The van der Waals surface area contributed by atoms with Crippen molar-refractivity contribution in [3.63, 3.8) is 0 Å². The predicted octanol–water partition coefficient (Wildman–Crippen LogP) is 6.78. The van der Waals surface area contributed by atoms with Crippen LogP contribution in [0.25, 0.3) is 0 Å². The van der Waals surface area contributed by atoms with E-state index in [4.69, 9.17) is 4.74 Å². The Hall–Kier alpha value is -1.81. The van der Waals surface area contributed by atoms with Gasteiger partial charge in [-0.3, -0.25) is 0 Å². The maximum absolute atomic E-state index is 14.5. The van der Waals surface area contributed by atoms with Crippen molar-refractivity contribution < 1.29 is 13.2 Å². The van der Waals surface area contributed by atoms with Crippen LogP contribution in [0.15, 0.2) is 71.4 Å². The minimum Gasteiger partial charge on any atom is -0.493 e. The molecule has 0 bridgehead atoms. The first kappa shape index (κ1) is 22.4. The standard InChI is InChI=1S/C27H36O3S/c1-3-14-23-24(4-2)30-21-25-26(17-11-6-5-7-12-18-26)19-13-20-27(23,25)31(28,29)22-15-9-8-10-16-22/h3-4,8-10,14-16,25H,1,5-7,11-13,17-21H2,2H3/b23-14+,24-4+. The first-order chi connectivity index (χ1) is 15.0. The molecule has 2 aliphatic carbocycles. The summed E-state index contributed by atoms with van der Waals surface area (Å²) < 4.78 is 34.4. The van der Waals surface area contributed by atoms with Gasteiger partial charge in [-0.05, 0) is 56.2 Å². The molecule has 4 heteroatoms. The van der Waals surface area contributed by atoms with E-state index in [1.54, 1.807) is 18.2 Å². The summed E-state index contributed by atoms with van der Waals surface area (Å²) in [6.07, 6.45) is 16.7. The molecule has 3 aliphatic rings. The molecule has 2 atom stereocenters. The van der Waals surface area contributed by atoms with Gasteiger partial charge in [-0.15, -0.1) is 0 Å². The summed E-state index contributed by atoms with van der Waals surface area (Å²) in [4.78, 5) is 0.426. The van der Waals surface area contributed by atoms with E-state index in [2.05, 4.69) is 6.58 Å². The van der Waals surface area contributed by atoms with Crippen LogP contribution in [0.2, 0.25) is 0 Å². The highest BCUT2D eigenvalue weighted by Crippen LogP contribution is 2.62. The van der Waals surface area contributed by atoms with Crippen molar-refractivity contribution in [2.75, 3.05) is 6.61 Å². The Labute approximate surface area is 188 Å². The lowest BCUT2D eigenvalue weighted by Gasteiger charge is -2.58. The number of allylic oxidation sites excluding steroid dienone is 4. The molecule has 1 aliphatic heterocycles. The lowest BCUT2D eigenvalue weighted by atomic mass is 9.55. The highest BCUT2D eigenvalue weighted by molar-refractivity contribution is 7.93. The molecular formula is C27H36O3S. The normalized spacial score (nSPS) is 31.5. The molecule has 3 fully saturated rings. The van der Waals surface area contributed by atoms with Gasteiger partial charge in [0.2, 0.25) is 0 Å². The molecule has 1 heterocycles. The van der Waals surface area contributed by atoms with Crippen LogP contribution >= 0.6 is 0 Å². The second kappa shape index (κ2) is 8.97. The minimum absolute atomic E-state index is 0.0278. The van der Waals surface area contributed by atoms with Crippen molar-refractivity contribution in [1.82, 2.24) is 0 Å². The molecule has 168 valence electrons. The summed E-state index contributed by atoms with van der Waals surface area (Å²) in [6, 6.07) is 9.07. The smallest absolute Gasteiger partial charge is 0.188 e. The fraction of sp³-hybridized carbons (Fsp3) is 0.556. The average Bonchev–Trinajstić information content (AvgIpc) is 2.77. The first-order valence-corrected chi connectivity index (χ1v) is 13.4. The van der Waals surface area contributed by atoms with Crippen molar-refractivity contribution in [1.29, 1.82) is 0 Å². The first-order valence-electron chi connectivity index (χ1n) is 11.9. The van der Waals surface area contributed by atoms with Crippen molar-refractivity contribution >= 4 is 9.84 Å². The molecule has 3 nitrogen and oxygen atoms in total. The monoisotopic (exact) mass is 440 g/mol. The molecule has 0 aromatic heterocycles. The summed E-state index contributed by atoms with van der Waals surface area (Å²) in [5, 5.41) is 0. The van der Waals surface area contributed by atoms with Crippen LogP contribution in [0.3, 0.4) is 0 Å². The molecule has 2 unspecified atom stereocenters. The lowest BCUT2D eigenvalue weighted by molar-refractivity contribution is -0.0264. The summed E-state index contributed by atoms with van der Waals surface area (Å²) in [6.45, 7) is 6.35. The van der Waals surface area contributed by atoms with Gasteiger partial charge in [-0.25, -0.2) is 8.42 Å². The van der Waals surface area contributed by atoms with Crippen LogP contribution in [-0.4, -0.2) is 19.8 Å². The van der Waals surface area contributed by atoms with Crippen LogP contribution < -0.4 is 0 Å². The zero-order chi connectivity index (χ0) is 22.0. The van der Waals surface area contributed by atoms with E-state index in [0.717, 1.165) is 31.3 Å². The molecule has 2 saturated carbocycles. The summed E-state index contributed by atoms with van der Waals surface area (Å²) in [7, 11) is -3.63. The largest absolute Gasteiger partial charge is 0.493 e. The van der Waals surface area contributed by atoms with Gasteiger partial charge in [-0.2, -0.15) is 0 Å². The maximum atomic E-state index is 14.5. The molecule has 31 heavy (non-hydrogen) atoms. The number of benzene rings is 1. The number of hydrogen-bond donors (Lipinski definition) is 0. The number of fused-ring (bicyclic) bond motifs is 2. The van der Waals surface area contributed by atoms with Crippen LogP contribution in [0, 0.1) is 11.3 Å². The van der Waals surface area contributed by atoms with Crippen molar-refractivity contribution in [3.05, 3.63) is 66.5 Å². The number of ether oxygens (including phenoxy) is 1. The SMILES string of the molecule is C=C/C=C1\C(=C/C)OCC2C3(CCCCCCC3)CCCC12S(=O)(=O)c1ccccc1. The zero-order valence-corrected chi connectivity index (χ0v) is 19.6. The Bertz CT molecular complexity index is 949. The van der Waals surface area contributed by atoms with Gasteiger partial charge in [0.1, 0.15) is 10.5 Å². The van der Waals surface area contributed by atoms with Crippen LogP contribution in [0.4, 0.5) is 0 Å². The van der Waals surface area contributed by atoms with E-state index in [1.165, 1.54) is 32.1 Å². The topological polar surface area (TPSA) is 43.4 Å². The van der Waals surface area contributed by atoms with Crippen LogP contribution in [0.5, 0.6) is 0 Å². The molecule has 1 aromatic carbocycles. The number of rotatable bonds is 3. The average molecular weight is 441 g/mol. The van der Waals surface area contributed by atoms with Gasteiger partial charge in [-0.1, -0.05) is 75.5 Å². The van der Waals surface area contributed by atoms with Gasteiger partial charge in [0.25, 0.3) is 0 Å². The van der Waals surface area contributed by atoms with E-state index >= 15 is 0 Å². The molecule has 0 amide bonds. The highest BCUT2D eigenvalue weighted by atomic mass is 32.2. The Morgan fingerprint density at radius 2 is 1.61 bits per heavy atom. The molecule has 1 aromatic rings. The van der Waals surface area contributed by atoms with E-state index < -0.39 is 14.6 Å². The summed E-state index contributed by atoms with van der Waals surface area (Å²) in [5.74, 6) is 0.672. The Morgan fingerprint density at radius 3 is 2.26 bits per heavy atom. The minimum atomic E-state index is -3.63. The highest BCUT2D eigenvalue weighted by Gasteiger charge is 2.64. The third kappa shape index (κ3) is 3.61. The molecule has 1 spiro atoms. The fourth-order valence-electron chi connectivity index (χ4n) is 6.70. The quantitative estimate of drug-likeness (QED) is 0.520. The molecule has 4 rings (SSSR count). The summed E-state index contributed by atoms with van der Waals surface area (Å²) in [5.41, 5.74) is 0.839.